The predicted octanol–water partition coefficient (Wildman–Crippen LogP) is 2.16. The van der Waals surface area contributed by atoms with Crippen molar-refractivity contribution in [2.75, 3.05) is 19.6 Å². The number of rotatable bonds is 6. The SMILES string of the molecule is CC(C)N(CCC(N)=S)C(C)C(=O)N1CCCCCC1. The van der Waals surface area contributed by atoms with Crippen LogP contribution in [-0.4, -0.2) is 52.4 Å². The van der Waals surface area contributed by atoms with Gasteiger partial charge in [-0.15, -0.1) is 0 Å². The lowest BCUT2D eigenvalue weighted by Crippen LogP contribution is -2.50. The number of nitrogens with zero attached hydrogens (tertiary/aromatic N) is 2. The van der Waals surface area contributed by atoms with Crippen molar-refractivity contribution in [2.45, 2.75) is 65.0 Å². The Balaban J connectivity index is 2.64. The molecule has 0 spiro atoms. The standard InChI is InChI=1S/C15H29N3OS/c1-12(2)18(11-8-14(16)20)13(3)15(19)17-9-6-4-5-7-10-17/h12-13H,4-11H2,1-3H3,(H2,16,20). The van der Waals surface area contributed by atoms with E-state index >= 15 is 0 Å². The smallest absolute Gasteiger partial charge is 0.239 e. The molecule has 1 aliphatic rings. The summed E-state index contributed by atoms with van der Waals surface area (Å²) in [7, 11) is 0. The number of amides is 1. The molecule has 1 unspecified atom stereocenters. The molecule has 0 saturated carbocycles. The maximum absolute atomic E-state index is 12.7. The molecule has 0 aromatic heterocycles. The third-order valence-corrected chi connectivity index (χ3v) is 4.26. The lowest BCUT2D eigenvalue weighted by atomic mass is 10.1. The van der Waals surface area contributed by atoms with Gasteiger partial charge in [0.05, 0.1) is 11.0 Å². The summed E-state index contributed by atoms with van der Waals surface area (Å²) in [6, 6.07) is 0.220. The molecular formula is C15H29N3OS. The van der Waals surface area contributed by atoms with Gasteiger partial charge in [0.2, 0.25) is 5.91 Å². The van der Waals surface area contributed by atoms with E-state index < -0.39 is 0 Å². The van der Waals surface area contributed by atoms with Crippen LogP contribution in [0.3, 0.4) is 0 Å². The van der Waals surface area contributed by atoms with Crippen molar-refractivity contribution in [3.05, 3.63) is 0 Å². The summed E-state index contributed by atoms with van der Waals surface area (Å²) in [5.41, 5.74) is 5.59. The Morgan fingerprint density at radius 1 is 1.20 bits per heavy atom. The third-order valence-electron chi connectivity index (χ3n) is 4.05. The van der Waals surface area contributed by atoms with Gasteiger partial charge in [-0.2, -0.15) is 0 Å². The first-order valence-electron chi connectivity index (χ1n) is 7.76. The Morgan fingerprint density at radius 2 is 1.75 bits per heavy atom. The lowest BCUT2D eigenvalue weighted by Gasteiger charge is -2.35. The summed E-state index contributed by atoms with van der Waals surface area (Å²) < 4.78 is 0. The average Bonchev–Trinajstić information content (AvgIpc) is 2.65. The topological polar surface area (TPSA) is 49.6 Å². The highest BCUT2D eigenvalue weighted by atomic mass is 32.1. The molecule has 0 aromatic rings. The van der Waals surface area contributed by atoms with Crippen molar-refractivity contribution in [1.29, 1.82) is 0 Å². The van der Waals surface area contributed by atoms with Crippen molar-refractivity contribution in [2.24, 2.45) is 5.73 Å². The van der Waals surface area contributed by atoms with E-state index in [2.05, 4.69) is 18.7 Å². The Morgan fingerprint density at radius 3 is 2.20 bits per heavy atom. The molecule has 1 heterocycles. The first-order valence-corrected chi connectivity index (χ1v) is 8.17. The molecule has 20 heavy (non-hydrogen) atoms. The number of hydrogen-bond acceptors (Lipinski definition) is 3. The Labute approximate surface area is 128 Å². The minimum Gasteiger partial charge on any atom is -0.393 e. The quantitative estimate of drug-likeness (QED) is 0.764. The van der Waals surface area contributed by atoms with Crippen LogP contribution >= 0.6 is 12.2 Å². The number of carbonyl (C=O) groups is 1. The highest BCUT2D eigenvalue weighted by molar-refractivity contribution is 7.80. The van der Waals surface area contributed by atoms with Crippen molar-refractivity contribution in [3.8, 4) is 0 Å². The van der Waals surface area contributed by atoms with E-state index in [9.17, 15) is 4.79 Å². The highest BCUT2D eigenvalue weighted by Crippen LogP contribution is 2.14. The zero-order valence-corrected chi connectivity index (χ0v) is 13.9. The summed E-state index contributed by atoms with van der Waals surface area (Å²) in [5.74, 6) is 0.253. The van der Waals surface area contributed by atoms with E-state index in [0.717, 1.165) is 32.5 Å². The van der Waals surface area contributed by atoms with Gasteiger partial charge < -0.3 is 10.6 Å². The van der Waals surface area contributed by atoms with Gasteiger partial charge >= 0.3 is 0 Å². The van der Waals surface area contributed by atoms with E-state index in [0.29, 0.717) is 17.5 Å². The zero-order valence-electron chi connectivity index (χ0n) is 13.1. The van der Waals surface area contributed by atoms with Gasteiger partial charge in [-0.3, -0.25) is 9.69 Å². The van der Waals surface area contributed by atoms with Crippen LogP contribution in [0, 0.1) is 0 Å². The number of carbonyl (C=O) groups excluding carboxylic acids is 1. The van der Waals surface area contributed by atoms with Gasteiger partial charge in [0.15, 0.2) is 0 Å². The second-order valence-electron chi connectivity index (χ2n) is 5.96. The molecule has 4 nitrogen and oxygen atoms in total. The minimum absolute atomic E-state index is 0.0950. The summed E-state index contributed by atoms with van der Waals surface area (Å²) in [5, 5.41) is 0. The minimum atomic E-state index is -0.0950. The molecule has 1 fully saturated rings. The maximum atomic E-state index is 12.7. The summed E-state index contributed by atoms with van der Waals surface area (Å²) >= 11 is 4.95. The van der Waals surface area contributed by atoms with Gasteiger partial charge in [0, 0.05) is 32.1 Å². The number of thiocarbonyl (C=S) groups is 1. The molecule has 2 N–H and O–H groups in total. The fraction of sp³-hybridized carbons (Fsp3) is 0.867. The van der Waals surface area contributed by atoms with Crippen LogP contribution in [0.25, 0.3) is 0 Å². The van der Waals surface area contributed by atoms with Gasteiger partial charge in [-0.05, 0) is 33.6 Å². The van der Waals surface area contributed by atoms with Crippen LogP contribution < -0.4 is 5.73 Å². The molecule has 0 radical (unpaired) electrons. The van der Waals surface area contributed by atoms with Crippen LogP contribution in [-0.2, 0) is 4.79 Å². The molecule has 5 heteroatoms. The highest BCUT2D eigenvalue weighted by Gasteiger charge is 2.27. The zero-order chi connectivity index (χ0) is 15.1. The second kappa shape index (κ2) is 8.57. The summed E-state index contributed by atoms with van der Waals surface area (Å²) in [6.45, 7) is 8.81. The molecule has 1 aliphatic heterocycles. The summed E-state index contributed by atoms with van der Waals surface area (Å²) in [4.78, 5) is 17.4. The molecule has 1 amide bonds. The Kier molecular flexibility index (Phi) is 7.45. The molecule has 1 rings (SSSR count). The Bertz CT molecular complexity index is 325. The van der Waals surface area contributed by atoms with Crippen LogP contribution in [0.5, 0.6) is 0 Å². The molecule has 0 aromatic carbocycles. The van der Waals surface area contributed by atoms with Crippen LogP contribution in [0.15, 0.2) is 0 Å². The second-order valence-corrected chi connectivity index (χ2v) is 6.49. The van der Waals surface area contributed by atoms with Crippen molar-refractivity contribution in [1.82, 2.24) is 9.80 Å². The monoisotopic (exact) mass is 299 g/mol. The molecule has 0 aliphatic carbocycles. The van der Waals surface area contributed by atoms with Crippen LogP contribution in [0.2, 0.25) is 0 Å². The predicted molar refractivity (Wildman–Crippen MR) is 87.8 cm³/mol. The molecule has 1 saturated heterocycles. The van der Waals surface area contributed by atoms with Gasteiger partial charge in [-0.25, -0.2) is 0 Å². The van der Waals surface area contributed by atoms with Gasteiger partial charge in [0.1, 0.15) is 0 Å². The Hall–Kier alpha value is -0.680. The number of likely N-dealkylation sites (tertiary alicyclic amines) is 1. The fourth-order valence-electron chi connectivity index (χ4n) is 2.84. The molecule has 0 bridgehead atoms. The maximum Gasteiger partial charge on any atom is 0.239 e. The van der Waals surface area contributed by atoms with Gasteiger partial charge in [0.25, 0.3) is 0 Å². The van der Waals surface area contributed by atoms with Crippen LogP contribution in [0.4, 0.5) is 0 Å². The van der Waals surface area contributed by atoms with Crippen molar-refractivity contribution in [3.63, 3.8) is 0 Å². The van der Waals surface area contributed by atoms with E-state index in [1.165, 1.54) is 12.8 Å². The molecule has 116 valence electrons. The molecular weight excluding hydrogens is 270 g/mol. The van der Waals surface area contributed by atoms with E-state index in [1.54, 1.807) is 0 Å². The lowest BCUT2D eigenvalue weighted by molar-refractivity contribution is -0.137. The van der Waals surface area contributed by atoms with Crippen molar-refractivity contribution >= 4 is 23.1 Å². The van der Waals surface area contributed by atoms with Crippen molar-refractivity contribution < 1.29 is 4.79 Å². The van der Waals surface area contributed by atoms with Crippen LogP contribution in [0.1, 0.15) is 52.9 Å². The van der Waals surface area contributed by atoms with E-state index in [1.807, 2.05) is 11.8 Å². The largest absolute Gasteiger partial charge is 0.393 e. The first-order chi connectivity index (χ1) is 9.43. The summed E-state index contributed by atoms with van der Waals surface area (Å²) in [6.07, 6.45) is 5.42. The van der Waals surface area contributed by atoms with E-state index in [4.69, 9.17) is 18.0 Å². The van der Waals surface area contributed by atoms with Gasteiger partial charge in [-0.1, -0.05) is 25.1 Å². The average molecular weight is 299 g/mol. The molecule has 1 atom stereocenters. The number of hydrogen-bond donors (Lipinski definition) is 1. The van der Waals surface area contributed by atoms with E-state index in [-0.39, 0.29) is 11.9 Å². The number of nitrogens with two attached hydrogens (primary N) is 1. The fourth-order valence-corrected chi connectivity index (χ4v) is 2.93. The third kappa shape index (κ3) is 5.37. The normalized spacial score (nSPS) is 18.1. The first kappa shape index (κ1) is 17.4.